The van der Waals surface area contributed by atoms with Crippen LogP contribution < -0.4 is 10.1 Å². The highest BCUT2D eigenvalue weighted by Crippen LogP contribution is 2.25. The molecule has 0 unspecified atom stereocenters. The second-order valence-corrected chi connectivity index (χ2v) is 5.44. The van der Waals surface area contributed by atoms with Crippen LogP contribution in [0, 0.1) is 6.92 Å². The van der Waals surface area contributed by atoms with E-state index in [0.717, 1.165) is 5.56 Å². The van der Waals surface area contributed by atoms with Crippen LogP contribution in [0.5, 0.6) is 5.75 Å². The van der Waals surface area contributed by atoms with Crippen LogP contribution in [0.1, 0.15) is 29.8 Å². The third-order valence-corrected chi connectivity index (χ3v) is 3.42. The lowest BCUT2D eigenvalue weighted by Gasteiger charge is -2.15. The van der Waals surface area contributed by atoms with Crippen molar-refractivity contribution in [2.45, 2.75) is 26.9 Å². The first-order valence-corrected chi connectivity index (χ1v) is 7.19. The van der Waals surface area contributed by atoms with Gasteiger partial charge < -0.3 is 10.1 Å². The average Bonchev–Trinajstić information content (AvgIpc) is 2.44. The number of benzene rings is 2. The van der Waals surface area contributed by atoms with Crippen molar-refractivity contribution in [1.82, 2.24) is 0 Å². The van der Waals surface area contributed by atoms with Gasteiger partial charge in [-0.2, -0.15) is 0 Å². The Kier molecular flexibility index (Phi) is 4.86. The molecule has 4 heteroatoms. The fourth-order valence-corrected chi connectivity index (χ4v) is 2.12. The summed E-state index contributed by atoms with van der Waals surface area (Å²) in [6, 6.07) is 12.6. The van der Waals surface area contributed by atoms with Crippen molar-refractivity contribution in [1.29, 1.82) is 0 Å². The number of hydrogen-bond donors (Lipinski definition) is 1. The lowest BCUT2D eigenvalue weighted by Crippen LogP contribution is -2.16. The molecule has 0 aliphatic rings. The molecule has 0 aromatic heterocycles. The van der Waals surface area contributed by atoms with Crippen molar-refractivity contribution in [3.8, 4) is 5.75 Å². The second kappa shape index (κ2) is 6.64. The number of rotatable bonds is 4. The molecule has 0 fully saturated rings. The Hall–Kier alpha value is -2.00. The summed E-state index contributed by atoms with van der Waals surface area (Å²) in [5, 5.41) is 3.50. The van der Waals surface area contributed by atoms with E-state index in [0.29, 0.717) is 22.0 Å². The molecule has 0 atom stereocenters. The van der Waals surface area contributed by atoms with Crippen molar-refractivity contribution >= 4 is 23.2 Å². The van der Waals surface area contributed by atoms with Crippen molar-refractivity contribution in [3.63, 3.8) is 0 Å². The molecule has 2 aromatic rings. The molecule has 0 saturated carbocycles. The van der Waals surface area contributed by atoms with Crippen LogP contribution in [-0.2, 0) is 0 Å². The third kappa shape index (κ3) is 3.76. The Balaban J connectivity index is 2.27. The maximum Gasteiger partial charge on any atom is 0.259 e. The van der Waals surface area contributed by atoms with E-state index >= 15 is 0 Å². The molecule has 3 nitrogen and oxygen atoms in total. The van der Waals surface area contributed by atoms with E-state index in [9.17, 15) is 4.79 Å². The Morgan fingerprint density at radius 2 is 1.86 bits per heavy atom. The number of carbonyl (C=O) groups excluding carboxylic acids is 1. The van der Waals surface area contributed by atoms with Gasteiger partial charge in [0.1, 0.15) is 5.75 Å². The van der Waals surface area contributed by atoms with Gasteiger partial charge in [0.05, 0.1) is 11.7 Å². The molecule has 0 bridgehead atoms. The molecule has 1 N–H and O–H groups in total. The zero-order chi connectivity index (χ0) is 15.4. The van der Waals surface area contributed by atoms with Gasteiger partial charge in [0.25, 0.3) is 5.91 Å². The lowest BCUT2D eigenvalue weighted by atomic mass is 10.1. The molecule has 0 aliphatic heterocycles. The third-order valence-electron chi connectivity index (χ3n) is 3.01. The minimum atomic E-state index is -0.211. The number of hydrogen-bond acceptors (Lipinski definition) is 2. The molecule has 0 radical (unpaired) electrons. The standard InChI is InChI=1S/C17H18ClNO2/c1-11(2)21-16-10-5-4-7-13(16)17(20)19-15-9-6-8-14(18)12(15)3/h4-11H,1-3H3,(H,19,20). The van der Waals surface area contributed by atoms with Crippen LogP contribution in [-0.4, -0.2) is 12.0 Å². The predicted octanol–water partition coefficient (Wildman–Crippen LogP) is 4.69. The van der Waals surface area contributed by atoms with E-state index in [1.165, 1.54) is 0 Å². The van der Waals surface area contributed by atoms with Gasteiger partial charge in [-0.3, -0.25) is 4.79 Å². The zero-order valence-electron chi connectivity index (χ0n) is 12.3. The highest BCUT2D eigenvalue weighted by molar-refractivity contribution is 6.31. The SMILES string of the molecule is Cc1c(Cl)cccc1NC(=O)c1ccccc1OC(C)C. The van der Waals surface area contributed by atoms with Crippen LogP contribution in [0.3, 0.4) is 0 Å². The summed E-state index contributed by atoms with van der Waals surface area (Å²) in [5.74, 6) is 0.362. The number of para-hydroxylation sites is 1. The summed E-state index contributed by atoms with van der Waals surface area (Å²) < 4.78 is 5.67. The summed E-state index contributed by atoms with van der Waals surface area (Å²) >= 11 is 6.07. The first kappa shape index (κ1) is 15.4. The molecule has 2 aromatic carbocycles. The van der Waals surface area contributed by atoms with Crippen molar-refractivity contribution in [2.24, 2.45) is 0 Å². The number of anilines is 1. The van der Waals surface area contributed by atoms with Crippen LogP contribution in [0.2, 0.25) is 5.02 Å². The minimum Gasteiger partial charge on any atom is -0.490 e. The van der Waals surface area contributed by atoms with Gasteiger partial charge in [0, 0.05) is 10.7 Å². The molecule has 0 saturated heterocycles. The number of halogens is 1. The van der Waals surface area contributed by atoms with E-state index in [2.05, 4.69) is 5.32 Å². The van der Waals surface area contributed by atoms with E-state index < -0.39 is 0 Å². The van der Waals surface area contributed by atoms with E-state index in [1.54, 1.807) is 18.2 Å². The summed E-state index contributed by atoms with van der Waals surface area (Å²) in [4.78, 5) is 12.4. The number of ether oxygens (including phenoxy) is 1. The summed E-state index contributed by atoms with van der Waals surface area (Å²) in [6.07, 6.45) is 0.00635. The van der Waals surface area contributed by atoms with Gasteiger partial charge in [-0.1, -0.05) is 29.8 Å². The topological polar surface area (TPSA) is 38.3 Å². The molecule has 0 aliphatic carbocycles. The maximum absolute atomic E-state index is 12.4. The number of nitrogens with one attached hydrogen (secondary N) is 1. The van der Waals surface area contributed by atoms with Gasteiger partial charge in [0.2, 0.25) is 0 Å². The molecule has 0 spiro atoms. The molecule has 2 rings (SSSR count). The quantitative estimate of drug-likeness (QED) is 0.890. The molecule has 21 heavy (non-hydrogen) atoms. The summed E-state index contributed by atoms with van der Waals surface area (Å²) in [5.41, 5.74) is 2.05. The molecular formula is C17H18ClNO2. The normalized spacial score (nSPS) is 10.5. The molecular weight excluding hydrogens is 286 g/mol. The first-order valence-electron chi connectivity index (χ1n) is 6.81. The van der Waals surface area contributed by atoms with Crippen LogP contribution in [0.15, 0.2) is 42.5 Å². The number of amides is 1. The monoisotopic (exact) mass is 303 g/mol. The maximum atomic E-state index is 12.4. The van der Waals surface area contributed by atoms with E-state index in [1.807, 2.05) is 45.0 Å². The highest BCUT2D eigenvalue weighted by atomic mass is 35.5. The van der Waals surface area contributed by atoms with Crippen LogP contribution >= 0.6 is 11.6 Å². The Morgan fingerprint density at radius 3 is 2.57 bits per heavy atom. The van der Waals surface area contributed by atoms with Crippen molar-refractivity contribution in [3.05, 3.63) is 58.6 Å². The summed E-state index contributed by atoms with van der Waals surface area (Å²) in [6.45, 7) is 5.72. The summed E-state index contributed by atoms with van der Waals surface area (Å²) in [7, 11) is 0. The van der Waals surface area contributed by atoms with Crippen LogP contribution in [0.25, 0.3) is 0 Å². The molecule has 110 valence electrons. The zero-order valence-corrected chi connectivity index (χ0v) is 13.1. The van der Waals surface area contributed by atoms with Gasteiger partial charge in [-0.25, -0.2) is 0 Å². The number of carbonyl (C=O) groups is 1. The molecule has 0 heterocycles. The smallest absolute Gasteiger partial charge is 0.259 e. The van der Waals surface area contributed by atoms with E-state index in [-0.39, 0.29) is 12.0 Å². The fourth-order valence-electron chi connectivity index (χ4n) is 1.94. The van der Waals surface area contributed by atoms with Crippen LogP contribution in [0.4, 0.5) is 5.69 Å². The largest absolute Gasteiger partial charge is 0.490 e. The van der Waals surface area contributed by atoms with Gasteiger partial charge in [-0.05, 0) is 50.6 Å². The minimum absolute atomic E-state index is 0.00635. The van der Waals surface area contributed by atoms with Crippen molar-refractivity contribution in [2.75, 3.05) is 5.32 Å². The van der Waals surface area contributed by atoms with Crippen molar-refractivity contribution < 1.29 is 9.53 Å². The Bertz CT molecular complexity index is 653. The van der Waals surface area contributed by atoms with E-state index in [4.69, 9.17) is 16.3 Å². The van der Waals surface area contributed by atoms with Gasteiger partial charge in [-0.15, -0.1) is 0 Å². The second-order valence-electron chi connectivity index (χ2n) is 5.03. The Labute approximate surface area is 129 Å². The Morgan fingerprint density at radius 1 is 1.14 bits per heavy atom. The van der Waals surface area contributed by atoms with Gasteiger partial charge >= 0.3 is 0 Å². The lowest BCUT2D eigenvalue weighted by molar-refractivity contribution is 0.102. The first-order chi connectivity index (χ1) is 9.99. The van der Waals surface area contributed by atoms with Gasteiger partial charge in [0.15, 0.2) is 0 Å². The molecule has 1 amide bonds. The highest BCUT2D eigenvalue weighted by Gasteiger charge is 2.14. The predicted molar refractivity (Wildman–Crippen MR) is 86.3 cm³/mol. The average molecular weight is 304 g/mol. The fraction of sp³-hybridized carbons (Fsp3) is 0.235.